The molecule has 0 aromatic carbocycles. The van der Waals surface area contributed by atoms with Crippen LogP contribution in [-0.2, 0) is 9.59 Å². The van der Waals surface area contributed by atoms with E-state index in [2.05, 4.69) is 0 Å². The first kappa shape index (κ1) is 13.8. The lowest BCUT2D eigenvalue weighted by Crippen LogP contribution is -2.56. The van der Waals surface area contributed by atoms with Gasteiger partial charge in [-0.3, -0.25) is 4.79 Å². The molecule has 98 valence electrons. The van der Waals surface area contributed by atoms with Gasteiger partial charge in [0.05, 0.1) is 5.41 Å². The minimum atomic E-state index is -4.70. The number of hydrogen-bond acceptors (Lipinski definition) is 2. The number of carboxylic acid groups (broad SMARTS) is 1. The molecule has 0 saturated heterocycles. The van der Waals surface area contributed by atoms with Crippen LogP contribution in [0.3, 0.4) is 0 Å². The van der Waals surface area contributed by atoms with Gasteiger partial charge in [0.15, 0.2) is 0 Å². The van der Waals surface area contributed by atoms with Crippen LogP contribution in [0.2, 0.25) is 0 Å². The van der Waals surface area contributed by atoms with E-state index in [0.717, 1.165) is 13.8 Å². The monoisotopic (exact) mass is 253 g/mol. The van der Waals surface area contributed by atoms with Crippen molar-refractivity contribution >= 4 is 11.9 Å². The van der Waals surface area contributed by atoms with E-state index < -0.39 is 29.5 Å². The Morgan fingerprint density at radius 1 is 1.29 bits per heavy atom. The van der Waals surface area contributed by atoms with Crippen LogP contribution in [-0.4, -0.2) is 29.2 Å². The molecule has 1 fully saturated rings. The second-order valence-corrected chi connectivity index (χ2v) is 4.77. The first-order valence-corrected chi connectivity index (χ1v) is 5.17. The molecule has 0 aromatic rings. The van der Waals surface area contributed by atoms with Gasteiger partial charge < -0.3 is 10.4 Å². The van der Waals surface area contributed by atoms with E-state index in [0.29, 0.717) is 12.8 Å². The molecule has 1 rings (SSSR count). The Morgan fingerprint density at radius 2 is 1.76 bits per heavy atom. The lowest BCUT2D eigenvalue weighted by molar-refractivity contribution is -0.224. The highest BCUT2D eigenvalue weighted by molar-refractivity contribution is 5.86. The van der Waals surface area contributed by atoms with Gasteiger partial charge in [-0.1, -0.05) is 0 Å². The van der Waals surface area contributed by atoms with Crippen LogP contribution < -0.4 is 5.32 Å². The molecular weight excluding hydrogens is 239 g/mol. The summed E-state index contributed by atoms with van der Waals surface area (Å²) in [6.45, 7) is 1.53. The SMILES string of the molecule is CC(C)([C@H](NC(=O)C1CC1)C(=O)O)C(F)(F)F. The largest absolute Gasteiger partial charge is 0.480 e. The third kappa shape index (κ3) is 2.89. The highest BCUT2D eigenvalue weighted by Crippen LogP contribution is 2.41. The Morgan fingerprint density at radius 3 is 2.06 bits per heavy atom. The van der Waals surface area contributed by atoms with E-state index in [-0.39, 0.29) is 5.92 Å². The summed E-state index contributed by atoms with van der Waals surface area (Å²) in [5.74, 6) is -2.63. The maximum Gasteiger partial charge on any atom is 0.396 e. The van der Waals surface area contributed by atoms with Crippen molar-refractivity contribution in [3.05, 3.63) is 0 Å². The Labute approximate surface area is 96.2 Å². The number of alkyl halides is 3. The summed E-state index contributed by atoms with van der Waals surface area (Å²) in [6.07, 6.45) is -3.50. The Hall–Kier alpha value is -1.27. The molecule has 0 radical (unpaired) electrons. The highest BCUT2D eigenvalue weighted by atomic mass is 19.4. The van der Waals surface area contributed by atoms with E-state index in [1.807, 2.05) is 5.32 Å². The minimum absolute atomic E-state index is 0.333. The van der Waals surface area contributed by atoms with Crippen molar-refractivity contribution in [1.82, 2.24) is 5.32 Å². The van der Waals surface area contributed by atoms with Crippen LogP contribution >= 0.6 is 0 Å². The molecule has 4 nitrogen and oxygen atoms in total. The predicted molar refractivity (Wildman–Crippen MR) is 52.1 cm³/mol. The van der Waals surface area contributed by atoms with Crippen molar-refractivity contribution in [2.24, 2.45) is 11.3 Å². The number of amides is 1. The topological polar surface area (TPSA) is 66.4 Å². The summed E-state index contributed by atoms with van der Waals surface area (Å²) < 4.78 is 38.1. The second-order valence-electron chi connectivity index (χ2n) is 4.77. The third-order valence-corrected chi connectivity index (χ3v) is 2.93. The van der Waals surface area contributed by atoms with Gasteiger partial charge in [-0.15, -0.1) is 0 Å². The maximum atomic E-state index is 12.7. The highest BCUT2D eigenvalue weighted by Gasteiger charge is 2.56. The first-order chi connectivity index (χ1) is 7.57. The standard InChI is InChI=1S/C10H14F3NO3/c1-9(2,10(11,12)13)6(8(16)17)14-7(15)5-3-4-5/h5-6H,3-4H2,1-2H3,(H,14,15)(H,16,17)/t6-/m1/s1. The molecule has 2 N–H and O–H groups in total. The van der Waals surface area contributed by atoms with Crippen LogP contribution in [0.15, 0.2) is 0 Å². The molecule has 1 aliphatic rings. The first-order valence-electron chi connectivity index (χ1n) is 5.17. The summed E-state index contributed by atoms with van der Waals surface area (Å²) in [7, 11) is 0. The van der Waals surface area contributed by atoms with Gasteiger partial charge in [0, 0.05) is 5.92 Å². The second kappa shape index (κ2) is 4.19. The Balaban J connectivity index is 2.84. The molecule has 0 aliphatic heterocycles. The quantitative estimate of drug-likeness (QED) is 0.798. The van der Waals surface area contributed by atoms with Gasteiger partial charge in [0.1, 0.15) is 6.04 Å². The fourth-order valence-corrected chi connectivity index (χ4v) is 1.32. The van der Waals surface area contributed by atoms with Crippen LogP contribution in [0.25, 0.3) is 0 Å². The molecule has 1 aliphatic carbocycles. The number of carbonyl (C=O) groups excluding carboxylic acids is 1. The lowest BCUT2D eigenvalue weighted by Gasteiger charge is -2.33. The Bertz CT molecular complexity index is 334. The average molecular weight is 253 g/mol. The van der Waals surface area contributed by atoms with E-state index in [4.69, 9.17) is 5.11 Å². The number of hydrogen-bond donors (Lipinski definition) is 2. The zero-order valence-electron chi connectivity index (χ0n) is 9.47. The van der Waals surface area contributed by atoms with Crippen molar-refractivity contribution in [3.8, 4) is 0 Å². The summed E-state index contributed by atoms with van der Waals surface area (Å²) in [5, 5.41) is 10.8. The molecule has 1 amide bonds. The number of nitrogens with one attached hydrogen (secondary N) is 1. The van der Waals surface area contributed by atoms with Gasteiger partial charge in [0.25, 0.3) is 0 Å². The van der Waals surface area contributed by atoms with Gasteiger partial charge in [-0.05, 0) is 26.7 Å². The van der Waals surface area contributed by atoms with Crippen molar-refractivity contribution in [3.63, 3.8) is 0 Å². The van der Waals surface area contributed by atoms with E-state index in [1.54, 1.807) is 0 Å². The normalized spacial score (nSPS) is 18.6. The molecule has 0 spiro atoms. The Kier molecular flexibility index (Phi) is 3.40. The van der Waals surface area contributed by atoms with Crippen LogP contribution in [0, 0.1) is 11.3 Å². The van der Waals surface area contributed by atoms with Gasteiger partial charge >= 0.3 is 12.1 Å². The number of halogens is 3. The van der Waals surface area contributed by atoms with Gasteiger partial charge in [-0.25, -0.2) is 4.79 Å². The fraction of sp³-hybridized carbons (Fsp3) is 0.800. The van der Waals surface area contributed by atoms with E-state index in [1.165, 1.54) is 0 Å². The maximum absolute atomic E-state index is 12.7. The van der Waals surface area contributed by atoms with E-state index >= 15 is 0 Å². The molecular formula is C10H14F3NO3. The number of aliphatic carboxylic acids is 1. The summed E-state index contributed by atoms with van der Waals surface area (Å²) in [4.78, 5) is 22.2. The average Bonchev–Trinajstić information content (AvgIpc) is 2.93. The van der Waals surface area contributed by atoms with Crippen molar-refractivity contribution in [1.29, 1.82) is 0 Å². The predicted octanol–water partition coefficient (Wildman–Crippen LogP) is 1.55. The lowest BCUT2D eigenvalue weighted by atomic mass is 9.83. The number of carboxylic acids is 1. The molecule has 0 aromatic heterocycles. The zero-order valence-corrected chi connectivity index (χ0v) is 9.47. The zero-order chi connectivity index (χ0) is 13.4. The molecule has 1 saturated carbocycles. The molecule has 7 heteroatoms. The fourth-order valence-electron chi connectivity index (χ4n) is 1.32. The number of rotatable bonds is 4. The van der Waals surface area contributed by atoms with Crippen LogP contribution in [0.4, 0.5) is 13.2 Å². The van der Waals surface area contributed by atoms with Crippen LogP contribution in [0.1, 0.15) is 26.7 Å². The molecule has 0 unspecified atom stereocenters. The summed E-state index contributed by atoms with van der Waals surface area (Å²) in [6, 6.07) is -1.96. The summed E-state index contributed by atoms with van der Waals surface area (Å²) in [5.41, 5.74) is -2.51. The molecule has 17 heavy (non-hydrogen) atoms. The molecule has 0 bridgehead atoms. The van der Waals surface area contributed by atoms with Crippen molar-refractivity contribution in [2.75, 3.05) is 0 Å². The van der Waals surface area contributed by atoms with Crippen LogP contribution in [0.5, 0.6) is 0 Å². The van der Waals surface area contributed by atoms with Gasteiger partial charge in [0.2, 0.25) is 5.91 Å². The smallest absolute Gasteiger partial charge is 0.396 e. The van der Waals surface area contributed by atoms with E-state index in [9.17, 15) is 22.8 Å². The number of carbonyl (C=O) groups is 2. The van der Waals surface area contributed by atoms with Crippen molar-refractivity contribution < 1.29 is 27.9 Å². The minimum Gasteiger partial charge on any atom is -0.480 e. The van der Waals surface area contributed by atoms with Crippen molar-refractivity contribution in [2.45, 2.75) is 38.9 Å². The molecule has 0 heterocycles. The summed E-state index contributed by atoms with van der Waals surface area (Å²) >= 11 is 0. The molecule has 1 atom stereocenters. The third-order valence-electron chi connectivity index (χ3n) is 2.93. The van der Waals surface area contributed by atoms with Gasteiger partial charge in [-0.2, -0.15) is 13.2 Å².